The molecule has 0 aliphatic rings. The highest BCUT2D eigenvalue weighted by Crippen LogP contribution is 2.37. The van der Waals surface area contributed by atoms with Gasteiger partial charge in [-0.15, -0.1) is 0 Å². The summed E-state index contributed by atoms with van der Waals surface area (Å²) < 4.78 is 17.2. The van der Waals surface area contributed by atoms with Gasteiger partial charge in [0.2, 0.25) is 5.91 Å². The highest BCUT2D eigenvalue weighted by molar-refractivity contribution is 6.99. The van der Waals surface area contributed by atoms with Crippen LogP contribution in [-0.4, -0.2) is 75.3 Å². The van der Waals surface area contributed by atoms with E-state index in [0.29, 0.717) is 5.69 Å². The molecule has 0 aliphatic heterocycles. The normalized spacial score (nSPS) is 12.9. The lowest BCUT2D eigenvalue weighted by Gasteiger charge is -2.43. The predicted octanol–water partition coefficient (Wildman–Crippen LogP) is 5.03. The van der Waals surface area contributed by atoms with Crippen LogP contribution < -0.4 is 26.3 Å². The van der Waals surface area contributed by atoms with Crippen molar-refractivity contribution < 1.29 is 38.2 Å². The second-order valence-electron chi connectivity index (χ2n) is 14.5. The van der Waals surface area contributed by atoms with Crippen molar-refractivity contribution >= 4 is 48.3 Å². The molecule has 4 aromatic carbocycles. The molecule has 280 valence electrons. The van der Waals surface area contributed by atoms with E-state index in [-0.39, 0.29) is 17.2 Å². The van der Waals surface area contributed by atoms with Crippen molar-refractivity contribution in [1.82, 2.24) is 10.6 Å². The molecular weight excluding hydrogens is 691 g/mol. The van der Waals surface area contributed by atoms with E-state index in [9.17, 15) is 24.3 Å². The monoisotopic (exact) mass is 739 g/mol. The van der Waals surface area contributed by atoms with Crippen molar-refractivity contribution in [3.8, 4) is 11.1 Å². The van der Waals surface area contributed by atoms with Crippen LogP contribution in [0.25, 0.3) is 11.1 Å². The summed E-state index contributed by atoms with van der Waals surface area (Å²) >= 11 is 0. The minimum Gasteiger partial charge on any atom is -0.467 e. The molecule has 0 aromatic heterocycles. The molecule has 0 unspecified atom stereocenters. The fraction of sp³-hybridized carbons (Fsp3) is 0.317. The molecule has 0 bridgehead atoms. The molecule has 0 fully saturated rings. The van der Waals surface area contributed by atoms with Crippen LogP contribution in [0.15, 0.2) is 109 Å². The number of methoxy groups -OCH3 is 1. The van der Waals surface area contributed by atoms with Crippen molar-refractivity contribution in [3.05, 3.63) is 115 Å². The minimum atomic E-state index is -3.07. The fourth-order valence-electron chi connectivity index (χ4n) is 5.97. The van der Waals surface area contributed by atoms with Gasteiger partial charge in [0, 0.05) is 11.3 Å². The summed E-state index contributed by atoms with van der Waals surface area (Å²) in [4.78, 5) is 51.8. The van der Waals surface area contributed by atoms with Crippen LogP contribution in [-0.2, 0) is 23.5 Å². The summed E-state index contributed by atoms with van der Waals surface area (Å²) in [6.45, 7) is 10.7. The van der Waals surface area contributed by atoms with Gasteiger partial charge in [-0.25, -0.2) is 9.59 Å². The molecule has 0 heterocycles. The maximum atomic E-state index is 13.5. The number of amides is 3. The number of aliphatic hydroxyl groups is 1. The molecule has 0 radical (unpaired) electrons. The summed E-state index contributed by atoms with van der Waals surface area (Å²) in [5, 5.41) is 19.6. The number of rotatable bonds is 13. The summed E-state index contributed by atoms with van der Waals surface area (Å²) in [6.07, 6.45) is -0.556. The molecular formula is C41H49N3O8Si. The predicted molar refractivity (Wildman–Crippen MR) is 208 cm³/mol. The Morgan fingerprint density at radius 3 is 1.66 bits per heavy atom. The zero-order valence-electron chi connectivity index (χ0n) is 31.3. The standard InChI is InChI=1S/C41H49N3O8Si/c1-40(2,3)52-39(49)42-31-24-22-29(23-25-31)28-18-20-30(21-19-28)36(46)43-34(26-45)37(47)44-35(38(48)50-7)27-51-53(41(4,5)6,32-14-10-8-11-15-32)33-16-12-9-13-17-33/h8-25,34-35,45H,26-27H2,1-7H3,(H,42,49)(H,43,46)(H,44,47)/t34-,35-/m0/s1. The Labute approximate surface area is 312 Å². The van der Waals surface area contributed by atoms with Gasteiger partial charge in [0.25, 0.3) is 14.2 Å². The van der Waals surface area contributed by atoms with Crippen LogP contribution in [0.5, 0.6) is 0 Å². The summed E-state index contributed by atoms with van der Waals surface area (Å²) in [6, 6.07) is 30.9. The lowest BCUT2D eigenvalue weighted by molar-refractivity contribution is -0.146. The van der Waals surface area contributed by atoms with Gasteiger partial charge in [0.15, 0.2) is 0 Å². The van der Waals surface area contributed by atoms with Gasteiger partial charge >= 0.3 is 12.1 Å². The van der Waals surface area contributed by atoms with Crippen molar-refractivity contribution in [2.45, 2.75) is 64.3 Å². The van der Waals surface area contributed by atoms with Crippen molar-refractivity contribution in [1.29, 1.82) is 0 Å². The molecule has 4 N–H and O–H groups in total. The number of carbonyl (C=O) groups is 4. The quantitative estimate of drug-likeness (QED) is 0.110. The summed E-state index contributed by atoms with van der Waals surface area (Å²) in [5.74, 6) is -2.11. The minimum absolute atomic E-state index is 0.211. The number of ether oxygens (including phenoxy) is 2. The molecule has 0 spiro atoms. The number of carbonyl (C=O) groups excluding carboxylic acids is 4. The number of hydrogen-bond acceptors (Lipinski definition) is 8. The molecule has 53 heavy (non-hydrogen) atoms. The van der Waals surface area contributed by atoms with Crippen LogP contribution in [0.3, 0.4) is 0 Å². The van der Waals surface area contributed by atoms with Crippen LogP contribution in [0, 0.1) is 0 Å². The first kappa shape index (κ1) is 40.5. The van der Waals surface area contributed by atoms with E-state index in [1.54, 1.807) is 57.2 Å². The largest absolute Gasteiger partial charge is 0.467 e. The van der Waals surface area contributed by atoms with E-state index in [1.165, 1.54) is 7.11 Å². The highest BCUT2D eigenvalue weighted by atomic mass is 28.4. The average molecular weight is 740 g/mol. The molecule has 0 saturated carbocycles. The topological polar surface area (TPSA) is 152 Å². The van der Waals surface area contributed by atoms with Gasteiger partial charge in [-0.3, -0.25) is 14.9 Å². The van der Waals surface area contributed by atoms with E-state index in [2.05, 4.69) is 36.7 Å². The number of nitrogens with one attached hydrogen (secondary N) is 3. The van der Waals surface area contributed by atoms with E-state index in [0.717, 1.165) is 21.5 Å². The maximum absolute atomic E-state index is 13.5. The number of esters is 1. The molecule has 4 rings (SSSR count). The Morgan fingerprint density at radius 1 is 0.698 bits per heavy atom. The van der Waals surface area contributed by atoms with Crippen LogP contribution in [0.2, 0.25) is 5.04 Å². The zero-order chi connectivity index (χ0) is 38.8. The molecule has 0 aliphatic carbocycles. The average Bonchev–Trinajstić information content (AvgIpc) is 3.13. The molecule has 4 aromatic rings. The Bertz CT molecular complexity index is 1800. The Hall–Kier alpha value is -5.30. The van der Waals surface area contributed by atoms with Crippen molar-refractivity contribution in [3.63, 3.8) is 0 Å². The Morgan fingerprint density at radius 2 is 1.21 bits per heavy atom. The molecule has 0 saturated heterocycles. The zero-order valence-corrected chi connectivity index (χ0v) is 32.3. The Kier molecular flexibility index (Phi) is 13.3. The molecule has 2 atom stereocenters. The van der Waals surface area contributed by atoms with Gasteiger partial charge in [0.05, 0.1) is 20.3 Å². The smallest absolute Gasteiger partial charge is 0.412 e. The molecule has 3 amide bonds. The van der Waals surface area contributed by atoms with Crippen molar-refractivity contribution in [2.24, 2.45) is 0 Å². The van der Waals surface area contributed by atoms with Gasteiger partial charge in [-0.1, -0.05) is 106 Å². The lowest BCUT2D eigenvalue weighted by atomic mass is 10.0. The molecule has 11 nitrogen and oxygen atoms in total. The van der Waals surface area contributed by atoms with Gasteiger partial charge < -0.3 is 29.6 Å². The van der Waals surface area contributed by atoms with E-state index >= 15 is 0 Å². The van der Waals surface area contributed by atoms with Crippen molar-refractivity contribution in [2.75, 3.05) is 25.6 Å². The number of anilines is 1. The van der Waals surface area contributed by atoms with Gasteiger partial charge in [-0.05, 0) is 71.6 Å². The lowest BCUT2D eigenvalue weighted by Crippen LogP contribution is -2.68. The maximum Gasteiger partial charge on any atom is 0.412 e. The summed E-state index contributed by atoms with van der Waals surface area (Å²) in [5.41, 5.74) is 1.85. The van der Waals surface area contributed by atoms with E-state index in [1.807, 2.05) is 72.8 Å². The first-order valence-electron chi connectivity index (χ1n) is 17.3. The number of aliphatic hydroxyl groups excluding tert-OH is 1. The van der Waals surface area contributed by atoms with Crippen LogP contribution in [0.1, 0.15) is 51.9 Å². The molecule has 12 heteroatoms. The van der Waals surface area contributed by atoms with E-state index in [4.69, 9.17) is 13.9 Å². The highest BCUT2D eigenvalue weighted by Gasteiger charge is 2.50. The second kappa shape index (κ2) is 17.5. The summed E-state index contributed by atoms with van der Waals surface area (Å²) in [7, 11) is -1.86. The Balaban J connectivity index is 1.45. The van der Waals surface area contributed by atoms with E-state index < -0.39 is 56.5 Å². The first-order valence-corrected chi connectivity index (χ1v) is 19.2. The fourth-order valence-corrected chi connectivity index (χ4v) is 10.5. The van der Waals surface area contributed by atoms with Gasteiger partial charge in [-0.2, -0.15) is 0 Å². The SMILES string of the molecule is COC(=O)[C@H](CO[Si](c1ccccc1)(c1ccccc1)C(C)(C)C)NC(=O)[C@H](CO)NC(=O)c1ccc(-c2ccc(NC(=O)OC(C)(C)C)cc2)cc1. The third-order valence-corrected chi connectivity index (χ3v) is 13.5. The third-order valence-electron chi connectivity index (χ3n) is 8.50. The number of benzene rings is 4. The third kappa shape index (κ3) is 10.4. The number of hydrogen-bond donors (Lipinski definition) is 4. The van der Waals surface area contributed by atoms with Gasteiger partial charge in [0.1, 0.15) is 17.7 Å². The second-order valence-corrected chi connectivity index (χ2v) is 18.9. The first-order chi connectivity index (χ1) is 25.1. The van der Waals surface area contributed by atoms with Crippen LogP contribution in [0.4, 0.5) is 10.5 Å². The van der Waals surface area contributed by atoms with Crippen LogP contribution >= 0.6 is 0 Å².